The standard InChI is InChI=1S/C21H30N4O.ClH/c1-21(2,3)25-19(17-9-10-17)15-18(23-25)20(26)24(14-12-22)13-11-16-7-5-4-6-8-16;/h4-8,15,17H,9-14,22H2,1-3H3;1H. The molecule has 1 heterocycles. The van der Waals surface area contributed by atoms with E-state index in [9.17, 15) is 4.79 Å². The van der Waals surface area contributed by atoms with Gasteiger partial charge in [0.1, 0.15) is 0 Å². The number of halogens is 1. The van der Waals surface area contributed by atoms with Gasteiger partial charge in [-0.25, -0.2) is 0 Å². The number of carbonyl (C=O) groups excluding carboxylic acids is 1. The third-order valence-electron chi connectivity index (χ3n) is 4.79. The minimum atomic E-state index is -0.126. The normalized spacial score (nSPS) is 13.9. The van der Waals surface area contributed by atoms with Crippen LogP contribution < -0.4 is 5.73 Å². The summed E-state index contributed by atoms with van der Waals surface area (Å²) in [6.45, 7) is 8.05. The minimum Gasteiger partial charge on any atom is -0.336 e. The van der Waals surface area contributed by atoms with E-state index < -0.39 is 0 Å². The lowest BCUT2D eigenvalue weighted by Gasteiger charge is -2.23. The Morgan fingerprint density at radius 1 is 1.22 bits per heavy atom. The molecular weight excluding hydrogens is 360 g/mol. The molecule has 0 bridgehead atoms. The Balaban J connectivity index is 0.00000261. The molecule has 2 N–H and O–H groups in total. The molecule has 1 aliphatic carbocycles. The van der Waals surface area contributed by atoms with Crippen LogP contribution in [0.4, 0.5) is 0 Å². The van der Waals surface area contributed by atoms with E-state index in [2.05, 4.69) is 38.0 Å². The SMILES string of the molecule is CC(C)(C)n1nc(C(=O)N(CCN)CCc2ccccc2)cc1C1CC1.Cl. The van der Waals surface area contributed by atoms with Gasteiger partial charge in [-0.2, -0.15) is 5.10 Å². The van der Waals surface area contributed by atoms with Crippen LogP contribution in [-0.4, -0.2) is 40.2 Å². The number of hydrogen-bond donors (Lipinski definition) is 1. The fourth-order valence-corrected chi connectivity index (χ4v) is 3.25. The molecule has 2 aromatic rings. The second-order valence-electron chi connectivity index (χ2n) is 8.13. The average molecular weight is 391 g/mol. The van der Waals surface area contributed by atoms with E-state index in [0.29, 0.717) is 31.2 Å². The van der Waals surface area contributed by atoms with E-state index in [-0.39, 0.29) is 23.9 Å². The molecule has 0 aliphatic heterocycles. The van der Waals surface area contributed by atoms with Gasteiger partial charge in [-0.05, 0) is 51.7 Å². The molecule has 0 unspecified atom stereocenters. The van der Waals surface area contributed by atoms with Crippen LogP contribution >= 0.6 is 12.4 Å². The highest BCUT2D eigenvalue weighted by molar-refractivity contribution is 5.92. The van der Waals surface area contributed by atoms with Crippen LogP contribution in [0.15, 0.2) is 36.4 Å². The summed E-state index contributed by atoms with van der Waals surface area (Å²) < 4.78 is 2.04. The van der Waals surface area contributed by atoms with Crippen molar-refractivity contribution in [2.45, 2.75) is 51.5 Å². The van der Waals surface area contributed by atoms with Gasteiger partial charge in [0.15, 0.2) is 5.69 Å². The Morgan fingerprint density at radius 3 is 2.44 bits per heavy atom. The molecular formula is C21H31ClN4O. The first-order chi connectivity index (χ1) is 12.4. The second kappa shape index (κ2) is 8.89. The van der Waals surface area contributed by atoms with Crippen molar-refractivity contribution < 1.29 is 4.79 Å². The summed E-state index contributed by atoms with van der Waals surface area (Å²) in [7, 11) is 0. The molecule has 6 heteroatoms. The molecule has 1 fully saturated rings. The first-order valence-corrected chi connectivity index (χ1v) is 9.54. The van der Waals surface area contributed by atoms with Gasteiger partial charge in [0.2, 0.25) is 0 Å². The third-order valence-corrected chi connectivity index (χ3v) is 4.79. The lowest BCUT2D eigenvalue weighted by Crippen LogP contribution is -2.37. The Bertz CT molecular complexity index is 747. The van der Waals surface area contributed by atoms with E-state index in [0.717, 1.165) is 6.42 Å². The Hall–Kier alpha value is -1.85. The lowest BCUT2D eigenvalue weighted by atomic mass is 10.1. The summed E-state index contributed by atoms with van der Waals surface area (Å²) >= 11 is 0. The fraction of sp³-hybridized carbons (Fsp3) is 0.524. The van der Waals surface area contributed by atoms with Gasteiger partial charge < -0.3 is 10.6 Å². The van der Waals surface area contributed by atoms with Crippen molar-refractivity contribution in [3.63, 3.8) is 0 Å². The molecule has 27 heavy (non-hydrogen) atoms. The minimum absolute atomic E-state index is 0. The Morgan fingerprint density at radius 2 is 1.89 bits per heavy atom. The van der Waals surface area contributed by atoms with Gasteiger partial charge in [0.25, 0.3) is 5.91 Å². The van der Waals surface area contributed by atoms with E-state index in [1.54, 1.807) is 0 Å². The van der Waals surface area contributed by atoms with Crippen LogP contribution in [-0.2, 0) is 12.0 Å². The molecule has 1 amide bonds. The summed E-state index contributed by atoms with van der Waals surface area (Å²) in [4.78, 5) is 14.9. The number of rotatable bonds is 7. The quantitative estimate of drug-likeness (QED) is 0.785. The summed E-state index contributed by atoms with van der Waals surface area (Å²) in [5, 5.41) is 4.69. The molecule has 1 aromatic carbocycles. The van der Waals surface area contributed by atoms with Gasteiger partial charge in [-0.3, -0.25) is 9.48 Å². The molecule has 1 saturated carbocycles. The molecule has 0 saturated heterocycles. The molecule has 1 aliphatic rings. The zero-order valence-corrected chi connectivity index (χ0v) is 17.3. The van der Waals surface area contributed by atoms with Crippen LogP contribution in [0.1, 0.15) is 61.3 Å². The summed E-state index contributed by atoms with van der Waals surface area (Å²) in [5.41, 5.74) is 8.59. The van der Waals surface area contributed by atoms with Crippen molar-refractivity contribution in [1.29, 1.82) is 0 Å². The van der Waals surface area contributed by atoms with Crippen LogP contribution in [0.25, 0.3) is 0 Å². The molecule has 5 nitrogen and oxygen atoms in total. The van der Waals surface area contributed by atoms with Crippen LogP contribution in [0.3, 0.4) is 0 Å². The monoisotopic (exact) mass is 390 g/mol. The highest BCUT2D eigenvalue weighted by Gasteiger charge is 2.33. The van der Waals surface area contributed by atoms with Crippen molar-refractivity contribution in [3.05, 3.63) is 53.3 Å². The van der Waals surface area contributed by atoms with Gasteiger partial charge in [-0.1, -0.05) is 30.3 Å². The summed E-state index contributed by atoms with van der Waals surface area (Å²) in [5.74, 6) is 0.534. The highest BCUT2D eigenvalue weighted by Crippen LogP contribution is 2.41. The van der Waals surface area contributed by atoms with E-state index in [1.165, 1.54) is 24.1 Å². The number of nitrogens with zero attached hydrogens (tertiary/aromatic N) is 3. The number of aromatic nitrogens is 2. The first kappa shape index (κ1) is 21.5. The van der Waals surface area contributed by atoms with Gasteiger partial charge in [-0.15, -0.1) is 12.4 Å². The Kier molecular flexibility index (Phi) is 7.06. The first-order valence-electron chi connectivity index (χ1n) is 9.54. The predicted molar refractivity (Wildman–Crippen MR) is 112 cm³/mol. The largest absolute Gasteiger partial charge is 0.336 e. The van der Waals surface area contributed by atoms with Gasteiger partial charge in [0, 0.05) is 31.2 Å². The Labute approximate surface area is 168 Å². The zero-order chi connectivity index (χ0) is 18.7. The topological polar surface area (TPSA) is 64.2 Å². The van der Waals surface area contributed by atoms with Crippen molar-refractivity contribution >= 4 is 18.3 Å². The number of nitrogens with two attached hydrogens (primary N) is 1. The van der Waals surface area contributed by atoms with Crippen molar-refractivity contribution in [2.24, 2.45) is 5.73 Å². The van der Waals surface area contributed by atoms with Crippen LogP contribution in [0.5, 0.6) is 0 Å². The molecule has 0 spiro atoms. The predicted octanol–water partition coefficient (Wildman–Crippen LogP) is 3.58. The number of benzene rings is 1. The second-order valence-corrected chi connectivity index (χ2v) is 8.13. The third kappa shape index (κ3) is 5.33. The van der Waals surface area contributed by atoms with E-state index in [1.807, 2.05) is 33.8 Å². The molecule has 0 atom stereocenters. The van der Waals surface area contributed by atoms with E-state index in [4.69, 9.17) is 5.73 Å². The smallest absolute Gasteiger partial charge is 0.274 e. The van der Waals surface area contributed by atoms with Gasteiger partial charge >= 0.3 is 0 Å². The maximum atomic E-state index is 13.1. The highest BCUT2D eigenvalue weighted by atomic mass is 35.5. The summed E-state index contributed by atoms with van der Waals surface area (Å²) in [6.07, 6.45) is 3.20. The molecule has 148 valence electrons. The maximum Gasteiger partial charge on any atom is 0.274 e. The number of hydrogen-bond acceptors (Lipinski definition) is 3. The average Bonchev–Trinajstić information content (AvgIpc) is 3.35. The van der Waals surface area contributed by atoms with Crippen molar-refractivity contribution in [3.8, 4) is 0 Å². The number of carbonyl (C=O) groups is 1. The molecule has 1 aromatic heterocycles. The zero-order valence-electron chi connectivity index (χ0n) is 16.5. The maximum absolute atomic E-state index is 13.1. The van der Waals surface area contributed by atoms with Crippen molar-refractivity contribution in [1.82, 2.24) is 14.7 Å². The lowest BCUT2D eigenvalue weighted by molar-refractivity contribution is 0.0754. The van der Waals surface area contributed by atoms with Crippen LogP contribution in [0.2, 0.25) is 0 Å². The van der Waals surface area contributed by atoms with Crippen LogP contribution in [0, 0.1) is 0 Å². The van der Waals surface area contributed by atoms with E-state index >= 15 is 0 Å². The molecule has 3 rings (SSSR count). The number of amides is 1. The fourth-order valence-electron chi connectivity index (χ4n) is 3.25. The van der Waals surface area contributed by atoms with Gasteiger partial charge in [0.05, 0.1) is 5.54 Å². The molecule has 0 radical (unpaired) electrons. The van der Waals surface area contributed by atoms with Crippen molar-refractivity contribution in [2.75, 3.05) is 19.6 Å². The summed E-state index contributed by atoms with van der Waals surface area (Å²) in [6, 6.07) is 12.2.